The minimum atomic E-state index is -0.0438. The number of nitrogens with zero attached hydrogens (tertiary/aromatic N) is 3. The van der Waals surface area contributed by atoms with Gasteiger partial charge in [0.05, 0.1) is 4.99 Å². The fourth-order valence-electron chi connectivity index (χ4n) is 2.05. The zero-order chi connectivity index (χ0) is 16.0. The highest BCUT2D eigenvalue weighted by molar-refractivity contribution is 7.80. The Labute approximate surface area is 132 Å². The molecule has 1 atom stereocenters. The predicted molar refractivity (Wildman–Crippen MR) is 90.7 cm³/mol. The normalized spacial score (nSPS) is 11.8. The highest BCUT2D eigenvalue weighted by Gasteiger charge is 2.16. The van der Waals surface area contributed by atoms with Crippen molar-refractivity contribution in [1.82, 2.24) is 9.88 Å². The van der Waals surface area contributed by atoms with Crippen molar-refractivity contribution in [3.8, 4) is 0 Å². The van der Waals surface area contributed by atoms with Crippen molar-refractivity contribution < 1.29 is 4.79 Å². The van der Waals surface area contributed by atoms with Crippen LogP contribution in [0.2, 0.25) is 0 Å². The molecule has 1 heterocycles. The number of rotatable bonds is 7. The number of thiocarbonyl (C=S) groups is 1. The molecule has 0 spiro atoms. The molecule has 0 radical (unpaired) electrons. The molecular formula is C15H24N4OS. The van der Waals surface area contributed by atoms with Crippen LogP contribution in [-0.4, -0.2) is 47.5 Å². The van der Waals surface area contributed by atoms with Gasteiger partial charge in [0.15, 0.2) is 0 Å². The van der Waals surface area contributed by atoms with Crippen LogP contribution < -0.4 is 10.6 Å². The molecule has 5 nitrogen and oxygen atoms in total. The van der Waals surface area contributed by atoms with Gasteiger partial charge < -0.3 is 15.5 Å². The zero-order valence-electron chi connectivity index (χ0n) is 13.2. The van der Waals surface area contributed by atoms with Crippen LogP contribution in [0.25, 0.3) is 0 Å². The van der Waals surface area contributed by atoms with E-state index in [-0.39, 0.29) is 11.8 Å². The van der Waals surface area contributed by atoms with Gasteiger partial charge in [0, 0.05) is 44.5 Å². The van der Waals surface area contributed by atoms with Gasteiger partial charge in [0.2, 0.25) is 0 Å². The molecule has 0 aliphatic carbocycles. The van der Waals surface area contributed by atoms with E-state index in [2.05, 4.69) is 4.98 Å². The lowest BCUT2D eigenvalue weighted by Gasteiger charge is -2.24. The largest absolute Gasteiger partial charge is 0.393 e. The van der Waals surface area contributed by atoms with Crippen molar-refractivity contribution in [3.05, 3.63) is 24.0 Å². The second-order valence-corrected chi connectivity index (χ2v) is 5.53. The first kappa shape index (κ1) is 17.4. The fraction of sp³-hybridized carbons (Fsp3) is 0.533. The average Bonchev–Trinajstić information content (AvgIpc) is 2.48. The second-order valence-electron chi connectivity index (χ2n) is 5.06. The van der Waals surface area contributed by atoms with Crippen molar-refractivity contribution in [2.75, 3.05) is 31.6 Å². The molecule has 116 valence electrons. The molecule has 0 bridgehead atoms. The third-order valence-corrected chi connectivity index (χ3v) is 3.89. The first-order valence-corrected chi connectivity index (χ1v) is 7.57. The first-order chi connectivity index (χ1) is 9.90. The first-order valence-electron chi connectivity index (χ1n) is 7.16. The molecule has 0 aliphatic rings. The van der Waals surface area contributed by atoms with E-state index in [0.29, 0.717) is 30.3 Å². The van der Waals surface area contributed by atoms with Crippen molar-refractivity contribution in [3.63, 3.8) is 0 Å². The van der Waals surface area contributed by atoms with Crippen LogP contribution in [0.3, 0.4) is 0 Å². The molecule has 0 aliphatic heterocycles. The van der Waals surface area contributed by atoms with Crippen molar-refractivity contribution >= 4 is 28.8 Å². The number of carbonyl (C=O) groups excluding carboxylic acids is 1. The maximum Gasteiger partial charge on any atom is 0.272 e. The Kier molecular flexibility index (Phi) is 6.55. The minimum absolute atomic E-state index is 0.0438. The van der Waals surface area contributed by atoms with Crippen molar-refractivity contribution in [2.24, 2.45) is 11.7 Å². The van der Waals surface area contributed by atoms with Gasteiger partial charge in [-0.2, -0.15) is 0 Å². The van der Waals surface area contributed by atoms with Gasteiger partial charge >= 0.3 is 0 Å². The van der Waals surface area contributed by atoms with E-state index in [9.17, 15) is 4.79 Å². The molecule has 1 rings (SSSR count). The summed E-state index contributed by atoms with van der Waals surface area (Å²) in [7, 11) is 1.95. The maximum atomic E-state index is 12.3. The summed E-state index contributed by atoms with van der Waals surface area (Å²) in [6.07, 6.45) is 1.66. The molecule has 0 fully saturated rings. The molecule has 21 heavy (non-hydrogen) atoms. The van der Waals surface area contributed by atoms with Gasteiger partial charge in [-0.25, -0.2) is 0 Å². The van der Waals surface area contributed by atoms with E-state index in [0.717, 1.165) is 5.69 Å². The molecule has 1 aromatic rings. The predicted octanol–water partition coefficient (Wildman–Crippen LogP) is 1.92. The van der Waals surface area contributed by atoms with Crippen LogP contribution in [0.15, 0.2) is 18.3 Å². The third kappa shape index (κ3) is 4.67. The summed E-state index contributed by atoms with van der Waals surface area (Å²) >= 11 is 5.00. The maximum absolute atomic E-state index is 12.3. The smallest absolute Gasteiger partial charge is 0.272 e. The van der Waals surface area contributed by atoms with E-state index in [1.807, 2.05) is 44.9 Å². The number of amides is 1. The van der Waals surface area contributed by atoms with E-state index >= 15 is 0 Å². The highest BCUT2D eigenvalue weighted by Crippen LogP contribution is 2.16. The fourth-order valence-corrected chi connectivity index (χ4v) is 2.13. The van der Waals surface area contributed by atoms with Gasteiger partial charge in [-0.15, -0.1) is 0 Å². The summed E-state index contributed by atoms with van der Waals surface area (Å²) in [5.74, 6) is 0.0674. The monoisotopic (exact) mass is 308 g/mol. The van der Waals surface area contributed by atoms with Gasteiger partial charge in [0.1, 0.15) is 5.69 Å². The summed E-state index contributed by atoms with van der Waals surface area (Å²) in [6.45, 7) is 7.97. The molecule has 0 aromatic carbocycles. The summed E-state index contributed by atoms with van der Waals surface area (Å²) in [5, 5.41) is 0. The summed E-state index contributed by atoms with van der Waals surface area (Å²) in [6, 6.07) is 3.69. The number of carbonyl (C=O) groups is 1. The van der Waals surface area contributed by atoms with E-state index in [1.165, 1.54) is 0 Å². The topological polar surface area (TPSA) is 62.5 Å². The summed E-state index contributed by atoms with van der Waals surface area (Å²) < 4.78 is 0. The Morgan fingerprint density at radius 2 is 2.05 bits per heavy atom. The number of anilines is 1. The molecule has 0 saturated carbocycles. The molecular weight excluding hydrogens is 284 g/mol. The van der Waals surface area contributed by atoms with Gasteiger partial charge in [-0.05, 0) is 26.0 Å². The van der Waals surface area contributed by atoms with Crippen molar-refractivity contribution in [1.29, 1.82) is 0 Å². The molecule has 1 aromatic heterocycles. The standard InChI is InChI=1S/C15H24N4OS/c1-5-19(6-2)15(20)13-9-12(7-8-17-13)18(4)10-11(3)14(16)21/h7-9,11H,5-6,10H2,1-4H3,(H2,16,21). The molecule has 0 saturated heterocycles. The number of pyridine rings is 1. The van der Waals surface area contributed by atoms with Crippen molar-refractivity contribution in [2.45, 2.75) is 20.8 Å². The van der Waals surface area contributed by atoms with Crippen LogP contribution in [0.4, 0.5) is 5.69 Å². The van der Waals surface area contributed by atoms with Crippen LogP contribution in [0, 0.1) is 5.92 Å². The quantitative estimate of drug-likeness (QED) is 0.780. The average molecular weight is 308 g/mol. The number of hydrogen-bond donors (Lipinski definition) is 1. The Bertz CT molecular complexity index is 502. The SMILES string of the molecule is CCN(CC)C(=O)c1cc(N(C)CC(C)C(N)=S)ccn1. The summed E-state index contributed by atoms with van der Waals surface area (Å²) in [5.41, 5.74) is 7.05. The molecule has 2 N–H and O–H groups in total. The molecule has 1 unspecified atom stereocenters. The third-order valence-electron chi connectivity index (χ3n) is 3.49. The minimum Gasteiger partial charge on any atom is -0.393 e. The molecule has 6 heteroatoms. The van der Waals surface area contributed by atoms with E-state index < -0.39 is 0 Å². The van der Waals surface area contributed by atoms with E-state index in [4.69, 9.17) is 18.0 Å². The highest BCUT2D eigenvalue weighted by atomic mass is 32.1. The van der Waals surface area contributed by atoms with E-state index in [1.54, 1.807) is 11.1 Å². The van der Waals surface area contributed by atoms with Crippen LogP contribution in [0.1, 0.15) is 31.3 Å². The van der Waals surface area contributed by atoms with Gasteiger partial charge in [-0.1, -0.05) is 19.1 Å². The Morgan fingerprint density at radius 1 is 1.43 bits per heavy atom. The Morgan fingerprint density at radius 3 is 2.57 bits per heavy atom. The second kappa shape index (κ2) is 7.93. The number of nitrogens with two attached hydrogens (primary N) is 1. The van der Waals surface area contributed by atoms with Crippen LogP contribution >= 0.6 is 12.2 Å². The Hall–Kier alpha value is -1.69. The zero-order valence-corrected chi connectivity index (χ0v) is 14.0. The van der Waals surface area contributed by atoms with Crippen LogP contribution in [-0.2, 0) is 0 Å². The number of hydrogen-bond acceptors (Lipinski definition) is 4. The van der Waals surface area contributed by atoms with Gasteiger partial charge in [-0.3, -0.25) is 9.78 Å². The lowest BCUT2D eigenvalue weighted by molar-refractivity contribution is 0.0767. The van der Waals surface area contributed by atoms with Crippen LogP contribution in [0.5, 0.6) is 0 Å². The number of aromatic nitrogens is 1. The lowest BCUT2D eigenvalue weighted by Crippen LogP contribution is -2.33. The molecule has 1 amide bonds. The van der Waals surface area contributed by atoms with Gasteiger partial charge in [0.25, 0.3) is 5.91 Å². The Balaban J connectivity index is 2.89. The lowest BCUT2D eigenvalue weighted by atomic mass is 10.1. The summed E-state index contributed by atoms with van der Waals surface area (Å²) in [4.78, 5) is 20.8.